The summed E-state index contributed by atoms with van der Waals surface area (Å²) in [6.45, 7) is 5.56. The van der Waals surface area contributed by atoms with Gasteiger partial charge in [0.1, 0.15) is 18.0 Å². The van der Waals surface area contributed by atoms with Crippen LogP contribution in [0.3, 0.4) is 0 Å². The van der Waals surface area contributed by atoms with Crippen LogP contribution < -0.4 is 10.6 Å². The first kappa shape index (κ1) is 13.6. The fraction of sp³-hybridized carbons (Fsp3) is 0.733. The summed E-state index contributed by atoms with van der Waals surface area (Å²) < 4.78 is 0. The van der Waals surface area contributed by atoms with Gasteiger partial charge in [0.2, 0.25) is 0 Å². The lowest BCUT2D eigenvalue weighted by Crippen LogP contribution is -2.53. The lowest BCUT2D eigenvalue weighted by molar-refractivity contribution is 0.102. The highest BCUT2D eigenvalue weighted by atomic mass is 15.2. The number of aromatic nitrogens is 2. The van der Waals surface area contributed by atoms with E-state index in [-0.39, 0.29) is 0 Å². The summed E-state index contributed by atoms with van der Waals surface area (Å²) in [4.78, 5) is 13.6. The van der Waals surface area contributed by atoms with Gasteiger partial charge in [0.25, 0.3) is 0 Å². The lowest BCUT2D eigenvalue weighted by Gasteiger charge is -2.46. The maximum atomic E-state index is 6.01. The summed E-state index contributed by atoms with van der Waals surface area (Å²) in [5, 5.41) is 0. The van der Waals surface area contributed by atoms with Crippen molar-refractivity contribution >= 4 is 11.6 Å². The number of hydrogen-bond donors (Lipinski definition) is 1. The van der Waals surface area contributed by atoms with E-state index in [0.717, 1.165) is 42.9 Å². The predicted octanol–water partition coefficient (Wildman–Crippen LogP) is 1.54. The van der Waals surface area contributed by atoms with Crippen molar-refractivity contribution in [2.45, 2.75) is 38.6 Å². The Balaban J connectivity index is 1.81. The Bertz CT molecular complexity index is 475. The number of nitrogen functional groups attached to an aromatic ring is 1. The van der Waals surface area contributed by atoms with Gasteiger partial charge in [-0.25, -0.2) is 9.97 Å². The van der Waals surface area contributed by atoms with E-state index in [2.05, 4.69) is 33.7 Å². The van der Waals surface area contributed by atoms with Crippen LogP contribution in [0.25, 0.3) is 0 Å². The van der Waals surface area contributed by atoms with E-state index in [9.17, 15) is 0 Å². The van der Waals surface area contributed by atoms with Gasteiger partial charge in [0, 0.05) is 24.7 Å². The van der Waals surface area contributed by atoms with E-state index in [4.69, 9.17) is 5.73 Å². The fourth-order valence-corrected chi connectivity index (χ4v) is 3.87. The third kappa shape index (κ3) is 2.35. The van der Waals surface area contributed by atoms with Crippen LogP contribution >= 0.6 is 0 Å². The zero-order valence-electron chi connectivity index (χ0n) is 12.5. The molecule has 2 N–H and O–H groups in total. The normalized spacial score (nSPS) is 27.4. The second-order valence-corrected chi connectivity index (χ2v) is 6.10. The van der Waals surface area contributed by atoms with Gasteiger partial charge in [0.15, 0.2) is 0 Å². The minimum atomic E-state index is 0.639. The first-order valence-electron chi connectivity index (χ1n) is 7.75. The Morgan fingerprint density at radius 3 is 2.95 bits per heavy atom. The van der Waals surface area contributed by atoms with Crippen LogP contribution in [0, 0.1) is 5.92 Å². The van der Waals surface area contributed by atoms with Crippen LogP contribution in [-0.2, 0) is 6.42 Å². The average Bonchev–Trinajstić information content (AvgIpc) is 2.47. The molecule has 2 aliphatic heterocycles. The number of piperidine rings is 2. The predicted molar refractivity (Wildman–Crippen MR) is 81.8 cm³/mol. The smallest absolute Gasteiger partial charge is 0.137 e. The van der Waals surface area contributed by atoms with E-state index < -0.39 is 0 Å². The highest BCUT2D eigenvalue weighted by Crippen LogP contribution is 2.33. The summed E-state index contributed by atoms with van der Waals surface area (Å²) in [5.74, 6) is 2.47. The molecule has 3 heterocycles. The molecule has 2 unspecified atom stereocenters. The van der Waals surface area contributed by atoms with Gasteiger partial charge in [-0.1, -0.05) is 6.92 Å². The number of nitrogens with zero attached hydrogens (tertiary/aromatic N) is 4. The van der Waals surface area contributed by atoms with Crippen molar-refractivity contribution in [2.75, 3.05) is 37.3 Å². The molecule has 0 amide bonds. The van der Waals surface area contributed by atoms with Crippen molar-refractivity contribution in [1.29, 1.82) is 0 Å². The lowest BCUT2D eigenvalue weighted by atomic mass is 9.84. The van der Waals surface area contributed by atoms with Crippen molar-refractivity contribution in [3.8, 4) is 0 Å². The summed E-state index contributed by atoms with van der Waals surface area (Å²) in [5.41, 5.74) is 7.11. The van der Waals surface area contributed by atoms with Crippen LogP contribution in [0.2, 0.25) is 0 Å². The van der Waals surface area contributed by atoms with Gasteiger partial charge in [0.05, 0.1) is 0 Å². The minimum absolute atomic E-state index is 0.639. The molecule has 0 bridgehead atoms. The standard InChI is InChI=1S/C15H25N5/c1-3-12-14(16)17-10-18-15(12)20-8-6-13-11(9-20)5-4-7-19(13)2/h10-11,13H,3-9H2,1-2H3,(H2,16,17,18). The van der Waals surface area contributed by atoms with Crippen molar-refractivity contribution < 1.29 is 0 Å². The number of rotatable bonds is 2. The van der Waals surface area contributed by atoms with Crippen LogP contribution in [-0.4, -0.2) is 47.6 Å². The van der Waals surface area contributed by atoms with Crippen molar-refractivity contribution in [3.63, 3.8) is 0 Å². The molecule has 5 heteroatoms. The number of anilines is 2. The molecule has 0 radical (unpaired) electrons. The second kappa shape index (κ2) is 5.56. The minimum Gasteiger partial charge on any atom is -0.383 e. The zero-order chi connectivity index (χ0) is 14.1. The third-order valence-corrected chi connectivity index (χ3v) is 4.95. The molecule has 3 rings (SSSR count). The van der Waals surface area contributed by atoms with Crippen LogP contribution in [0.15, 0.2) is 6.33 Å². The van der Waals surface area contributed by atoms with Crippen LogP contribution in [0.1, 0.15) is 31.7 Å². The largest absolute Gasteiger partial charge is 0.383 e. The third-order valence-electron chi connectivity index (χ3n) is 4.95. The van der Waals surface area contributed by atoms with Crippen LogP contribution in [0.4, 0.5) is 11.6 Å². The summed E-state index contributed by atoms with van der Waals surface area (Å²) >= 11 is 0. The molecule has 0 spiro atoms. The van der Waals surface area contributed by atoms with Gasteiger partial charge in [-0.3, -0.25) is 0 Å². The molecule has 2 saturated heterocycles. The molecule has 0 aromatic carbocycles. The van der Waals surface area contributed by atoms with E-state index in [1.54, 1.807) is 6.33 Å². The quantitative estimate of drug-likeness (QED) is 0.887. The number of likely N-dealkylation sites (tertiary alicyclic amines) is 1. The summed E-state index contributed by atoms with van der Waals surface area (Å²) in [6, 6.07) is 0.754. The average molecular weight is 275 g/mol. The molecule has 0 aliphatic carbocycles. The first-order chi connectivity index (χ1) is 9.70. The van der Waals surface area contributed by atoms with Gasteiger partial charge < -0.3 is 15.5 Å². The van der Waals surface area contributed by atoms with Gasteiger partial charge >= 0.3 is 0 Å². The zero-order valence-corrected chi connectivity index (χ0v) is 12.5. The Morgan fingerprint density at radius 1 is 1.30 bits per heavy atom. The van der Waals surface area contributed by atoms with Crippen LogP contribution in [0.5, 0.6) is 0 Å². The SMILES string of the molecule is CCc1c(N)ncnc1N1CCC2C(CCCN2C)C1. The molecule has 20 heavy (non-hydrogen) atoms. The molecule has 2 atom stereocenters. The van der Waals surface area contributed by atoms with Gasteiger partial charge in [-0.05, 0) is 45.2 Å². The maximum absolute atomic E-state index is 6.01. The Kier molecular flexibility index (Phi) is 3.78. The monoisotopic (exact) mass is 275 g/mol. The Hall–Kier alpha value is -1.36. The number of nitrogens with two attached hydrogens (primary N) is 1. The first-order valence-corrected chi connectivity index (χ1v) is 7.75. The molecular formula is C15H25N5. The fourth-order valence-electron chi connectivity index (χ4n) is 3.87. The van der Waals surface area contributed by atoms with Crippen molar-refractivity contribution in [1.82, 2.24) is 14.9 Å². The van der Waals surface area contributed by atoms with E-state index >= 15 is 0 Å². The highest BCUT2D eigenvalue weighted by Gasteiger charge is 2.35. The molecule has 1 aromatic heterocycles. The molecule has 0 saturated carbocycles. The molecule has 110 valence electrons. The molecule has 5 nitrogen and oxygen atoms in total. The van der Waals surface area contributed by atoms with Crippen molar-refractivity contribution in [2.24, 2.45) is 5.92 Å². The summed E-state index contributed by atoms with van der Waals surface area (Å²) in [7, 11) is 2.27. The van der Waals surface area contributed by atoms with E-state index in [1.165, 1.54) is 25.8 Å². The Morgan fingerprint density at radius 2 is 2.15 bits per heavy atom. The number of hydrogen-bond acceptors (Lipinski definition) is 5. The molecule has 1 aromatic rings. The summed E-state index contributed by atoms with van der Waals surface area (Å²) in [6.07, 6.45) is 6.38. The van der Waals surface area contributed by atoms with Gasteiger partial charge in [-0.2, -0.15) is 0 Å². The number of fused-ring (bicyclic) bond motifs is 1. The van der Waals surface area contributed by atoms with E-state index in [1.807, 2.05) is 0 Å². The van der Waals surface area contributed by atoms with Gasteiger partial charge in [-0.15, -0.1) is 0 Å². The highest BCUT2D eigenvalue weighted by molar-refractivity contribution is 5.56. The van der Waals surface area contributed by atoms with E-state index in [0.29, 0.717) is 5.82 Å². The second-order valence-electron chi connectivity index (χ2n) is 6.10. The molecular weight excluding hydrogens is 250 g/mol. The maximum Gasteiger partial charge on any atom is 0.137 e. The topological polar surface area (TPSA) is 58.3 Å². The molecule has 2 fully saturated rings. The molecule has 2 aliphatic rings. The van der Waals surface area contributed by atoms with Crippen molar-refractivity contribution in [3.05, 3.63) is 11.9 Å². The Labute approximate surface area is 121 Å².